The number of aromatic hydroxyl groups is 1. The number of fused-ring (bicyclic) bond motifs is 1. The molecule has 0 saturated heterocycles. The van der Waals surface area contributed by atoms with Crippen LogP contribution in [0.2, 0.25) is 0 Å². The predicted octanol–water partition coefficient (Wildman–Crippen LogP) is 3.89. The monoisotopic (exact) mass is 321 g/mol. The highest BCUT2D eigenvalue weighted by Crippen LogP contribution is 2.39. The number of nitrogens with zero attached hydrogens (tertiary/aromatic N) is 1. The third kappa shape index (κ3) is 2.72. The molecule has 0 aliphatic rings. The van der Waals surface area contributed by atoms with Crippen LogP contribution in [0.1, 0.15) is 27.5 Å². The maximum atomic E-state index is 11.5. The van der Waals surface area contributed by atoms with E-state index in [9.17, 15) is 15.0 Å². The smallest absolute Gasteiger partial charge is 0.336 e. The molecule has 1 atom stereocenters. The number of benzene rings is 3. The summed E-state index contributed by atoms with van der Waals surface area (Å²) in [5.74, 6) is -0.814. The first-order valence-corrected chi connectivity index (χ1v) is 7.70. The van der Waals surface area contributed by atoms with Gasteiger partial charge in [-0.05, 0) is 48.6 Å². The van der Waals surface area contributed by atoms with Crippen LogP contribution in [-0.4, -0.2) is 35.2 Å². The van der Waals surface area contributed by atoms with Gasteiger partial charge in [-0.2, -0.15) is 0 Å². The minimum absolute atomic E-state index is 0.160. The summed E-state index contributed by atoms with van der Waals surface area (Å²) in [7, 11) is 3.88. The Balaban J connectivity index is 2.33. The molecule has 0 bridgehead atoms. The molecule has 2 N–H and O–H groups in total. The molecule has 0 heterocycles. The van der Waals surface area contributed by atoms with Gasteiger partial charge in [0.25, 0.3) is 0 Å². The highest BCUT2D eigenvalue weighted by atomic mass is 16.4. The zero-order valence-corrected chi connectivity index (χ0v) is 13.6. The van der Waals surface area contributed by atoms with Crippen molar-refractivity contribution in [3.05, 3.63) is 77.4 Å². The Labute approximate surface area is 140 Å². The van der Waals surface area contributed by atoms with Gasteiger partial charge >= 0.3 is 5.97 Å². The van der Waals surface area contributed by atoms with Crippen molar-refractivity contribution < 1.29 is 15.0 Å². The van der Waals surface area contributed by atoms with E-state index in [1.54, 1.807) is 24.3 Å². The van der Waals surface area contributed by atoms with Gasteiger partial charge in [-0.25, -0.2) is 4.79 Å². The minimum Gasteiger partial charge on any atom is -0.508 e. The zero-order chi connectivity index (χ0) is 17.3. The van der Waals surface area contributed by atoms with Crippen molar-refractivity contribution in [3.8, 4) is 5.75 Å². The number of hydrogen-bond acceptors (Lipinski definition) is 3. The van der Waals surface area contributed by atoms with Gasteiger partial charge in [0.1, 0.15) is 5.75 Å². The van der Waals surface area contributed by atoms with E-state index in [1.807, 2.05) is 55.4 Å². The maximum absolute atomic E-state index is 11.5. The number of hydrogen-bond donors (Lipinski definition) is 2. The molecule has 1 unspecified atom stereocenters. The maximum Gasteiger partial charge on any atom is 0.336 e. The SMILES string of the molecule is CN(C)C(c1ccccc1)c1c(O)ccc2c(C(=O)O)cccc12. The molecule has 4 nitrogen and oxygen atoms in total. The third-order valence-corrected chi connectivity index (χ3v) is 4.22. The number of carboxylic acid groups (broad SMARTS) is 1. The molecular weight excluding hydrogens is 302 g/mol. The van der Waals surface area contributed by atoms with Crippen molar-refractivity contribution in [1.82, 2.24) is 4.90 Å². The molecule has 0 aromatic heterocycles. The Hall–Kier alpha value is -2.85. The van der Waals surface area contributed by atoms with Crippen molar-refractivity contribution >= 4 is 16.7 Å². The van der Waals surface area contributed by atoms with Crippen LogP contribution in [0.25, 0.3) is 10.8 Å². The molecule has 0 fully saturated rings. The van der Waals surface area contributed by atoms with Gasteiger partial charge in [-0.15, -0.1) is 0 Å². The quantitative estimate of drug-likeness (QED) is 0.765. The summed E-state index contributed by atoms with van der Waals surface area (Å²) in [6, 6.07) is 18.1. The molecule has 3 aromatic carbocycles. The summed E-state index contributed by atoms with van der Waals surface area (Å²) in [4.78, 5) is 13.5. The molecule has 0 aliphatic heterocycles. The van der Waals surface area contributed by atoms with Gasteiger partial charge in [-0.1, -0.05) is 42.5 Å². The highest BCUT2D eigenvalue weighted by Gasteiger charge is 2.23. The average molecular weight is 321 g/mol. The van der Waals surface area contributed by atoms with Gasteiger partial charge in [0.15, 0.2) is 0 Å². The number of aromatic carboxylic acids is 1. The van der Waals surface area contributed by atoms with Gasteiger partial charge in [0, 0.05) is 5.56 Å². The lowest BCUT2D eigenvalue weighted by Crippen LogP contribution is -2.21. The van der Waals surface area contributed by atoms with E-state index in [1.165, 1.54) is 0 Å². The number of phenolic OH excluding ortho intramolecular Hbond substituents is 1. The molecule has 0 aliphatic carbocycles. The first-order chi connectivity index (χ1) is 11.5. The lowest BCUT2D eigenvalue weighted by Gasteiger charge is -2.27. The molecule has 3 rings (SSSR count). The van der Waals surface area contributed by atoms with Crippen LogP contribution in [-0.2, 0) is 0 Å². The van der Waals surface area contributed by atoms with Crippen LogP contribution in [0.15, 0.2) is 60.7 Å². The molecule has 4 heteroatoms. The fourth-order valence-corrected chi connectivity index (χ4v) is 3.20. The van der Waals surface area contributed by atoms with Crippen LogP contribution >= 0.6 is 0 Å². The largest absolute Gasteiger partial charge is 0.508 e. The zero-order valence-electron chi connectivity index (χ0n) is 13.6. The van der Waals surface area contributed by atoms with Crippen LogP contribution in [0.3, 0.4) is 0 Å². The molecule has 0 spiro atoms. The van der Waals surface area contributed by atoms with E-state index >= 15 is 0 Å². The Morgan fingerprint density at radius 1 is 0.917 bits per heavy atom. The second-order valence-electron chi connectivity index (χ2n) is 5.98. The topological polar surface area (TPSA) is 60.8 Å². The van der Waals surface area contributed by atoms with Gasteiger partial charge in [0.05, 0.1) is 11.6 Å². The average Bonchev–Trinajstić information content (AvgIpc) is 2.57. The Kier molecular flexibility index (Phi) is 4.23. The van der Waals surface area contributed by atoms with Crippen LogP contribution in [0.5, 0.6) is 5.75 Å². The van der Waals surface area contributed by atoms with E-state index in [-0.39, 0.29) is 17.4 Å². The Bertz CT molecular complexity index is 888. The van der Waals surface area contributed by atoms with Gasteiger partial charge in [-0.3, -0.25) is 4.90 Å². The lowest BCUT2D eigenvalue weighted by atomic mass is 9.90. The third-order valence-electron chi connectivity index (χ3n) is 4.22. The Morgan fingerprint density at radius 3 is 2.25 bits per heavy atom. The molecule has 0 saturated carbocycles. The summed E-state index contributed by atoms with van der Waals surface area (Å²) < 4.78 is 0. The van der Waals surface area contributed by atoms with E-state index in [0.29, 0.717) is 10.9 Å². The lowest BCUT2D eigenvalue weighted by molar-refractivity contribution is 0.0699. The number of carboxylic acids is 1. The van der Waals surface area contributed by atoms with Crippen molar-refractivity contribution in [2.75, 3.05) is 14.1 Å². The summed E-state index contributed by atoms with van der Waals surface area (Å²) >= 11 is 0. The van der Waals surface area contributed by atoms with Gasteiger partial charge < -0.3 is 10.2 Å². The van der Waals surface area contributed by atoms with Crippen LogP contribution in [0.4, 0.5) is 0 Å². The molecule has 3 aromatic rings. The minimum atomic E-state index is -0.974. The molecule has 122 valence electrons. The number of carbonyl (C=O) groups is 1. The van der Waals surface area contributed by atoms with Crippen molar-refractivity contribution in [3.63, 3.8) is 0 Å². The summed E-state index contributed by atoms with van der Waals surface area (Å²) in [6.45, 7) is 0. The van der Waals surface area contributed by atoms with E-state index < -0.39 is 5.97 Å². The molecule has 24 heavy (non-hydrogen) atoms. The van der Waals surface area contributed by atoms with Crippen LogP contribution in [0, 0.1) is 0 Å². The normalized spacial score (nSPS) is 12.5. The van der Waals surface area contributed by atoms with Crippen molar-refractivity contribution in [2.24, 2.45) is 0 Å². The number of phenols is 1. The highest BCUT2D eigenvalue weighted by molar-refractivity contribution is 6.05. The first-order valence-electron chi connectivity index (χ1n) is 7.70. The van der Waals surface area contributed by atoms with E-state index in [0.717, 1.165) is 10.9 Å². The van der Waals surface area contributed by atoms with Gasteiger partial charge in [0.2, 0.25) is 0 Å². The van der Waals surface area contributed by atoms with Crippen molar-refractivity contribution in [2.45, 2.75) is 6.04 Å². The second kappa shape index (κ2) is 6.34. The van der Waals surface area contributed by atoms with Crippen LogP contribution < -0.4 is 0 Å². The molecular formula is C20H19NO3. The number of rotatable bonds is 4. The fourth-order valence-electron chi connectivity index (χ4n) is 3.20. The first kappa shape index (κ1) is 16.0. The van der Waals surface area contributed by atoms with E-state index in [2.05, 4.69) is 0 Å². The summed E-state index contributed by atoms with van der Waals surface area (Å²) in [5, 5.41) is 21.4. The second-order valence-corrected chi connectivity index (χ2v) is 5.98. The summed E-state index contributed by atoms with van der Waals surface area (Å²) in [5.41, 5.74) is 1.98. The fraction of sp³-hybridized carbons (Fsp3) is 0.150. The van der Waals surface area contributed by atoms with E-state index in [4.69, 9.17) is 0 Å². The predicted molar refractivity (Wildman–Crippen MR) is 94.5 cm³/mol. The van der Waals surface area contributed by atoms with Crippen molar-refractivity contribution in [1.29, 1.82) is 0 Å². The summed E-state index contributed by atoms with van der Waals surface area (Å²) in [6.07, 6.45) is 0. The molecule has 0 amide bonds. The molecule has 0 radical (unpaired) electrons. The Morgan fingerprint density at radius 2 is 1.62 bits per heavy atom. The standard InChI is InChI=1S/C20H19NO3/c1-21(2)19(13-7-4-3-5-8-13)18-15-9-6-10-16(20(23)24)14(15)11-12-17(18)22/h3-12,19,22H,1-2H3,(H,23,24).